The van der Waals surface area contributed by atoms with Gasteiger partial charge in [0.15, 0.2) is 5.78 Å². The summed E-state index contributed by atoms with van der Waals surface area (Å²) in [6, 6.07) is 11.8. The average molecular weight is 507 g/mol. The van der Waals surface area contributed by atoms with E-state index in [9.17, 15) is 30.8 Å². The van der Waals surface area contributed by atoms with Crippen LogP contribution >= 0.6 is 0 Å². The summed E-state index contributed by atoms with van der Waals surface area (Å²) in [7, 11) is -3.93. The molecule has 0 amide bonds. The van der Waals surface area contributed by atoms with Crippen molar-refractivity contribution < 1.29 is 30.8 Å². The second-order valence-electron chi connectivity index (χ2n) is 8.32. The summed E-state index contributed by atoms with van der Waals surface area (Å²) < 4.78 is 78.8. The van der Waals surface area contributed by atoms with Gasteiger partial charge < -0.3 is 0 Å². The first kappa shape index (κ1) is 25.0. The Bertz CT molecular complexity index is 1310. The quantitative estimate of drug-likeness (QED) is 0.410. The molecule has 3 aromatic rings. The number of carbonyl (C=O) groups is 1. The molecule has 35 heavy (non-hydrogen) atoms. The number of hydrogen-bond donors (Lipinski definition) is 0. The van der Waals surface area contributed by atoms with E-state index in [1.807, 2.05) is 0 Å². The van der Waals surface area contributed by atoms with Gasteiger partial charge in [-0.2, -0.15) is 17.5 Å². The number of rotatable bonds is 7. The van der Waals surface area contributed by atoms with Crippen LogP contribution in [0.25, 0.3) is 11.3 Å². The van der Waals surface area contributed by atoms with Crippen LogP contribution in [-0.2, 0) is 27.4 Å². The van der Waals surface area contributed by atoms with Crippen molar-refractivity contribution in [1.29, 1.82) is 0 Å². The van der Waals surface area contributed by atoms with Crippen molar-refractivity contribution in [2.24, 2.45) is 0 Å². The minimum atomic E-state index is -4.42. The topological polar surface area (TPSA) is 67.3 Å². The summed E-state index contributed by atoms with van der Waals surface area (Å²) in [5.74, 6) is -0.771. The first-order valence-corrected chi connectivity index (χ1v) is 12.4. The lowest BCUT2D eigenvalue weighted by atomic mass is 10.0. The molecule has 2 aromatic carbocycles. The maximum absolute atomic E-state index is 13.2. The first-order chi connectivity index (χ1) is 16.6. The van der Waals surface area contributed by atoms with Gasteiger partial charge in [-0.25, -0.2) is 12.8 Å². The number of pyridine rings is 1. The lowest BCUT2D eigenvalue weighted by Gasteiger charge is -2.23. The summed E-state index contributed by atoms with van der Waals surface area (Å²) >= 11 is 0. The molecule has 0 N–H and O–H groups in total. The second-order valence-corrected chi connectivity index (χ2v) is 10.2. The molecule has 0 aliphatic carbocycles. The number of nitrogens with zero attached hydrogens (tertiary/aromatic N) is 2. The highest BCUT2D eigenvalue weighted by atomic mass is 32.2. The van der Waals surface area contributed by atoms with Crippen LogP contribution in [0.1, 0.15) is 30.4 Å². The van der Waals surface area contributed by atoms with Crippen molar-refractivity contribution in [3.8, 4) is 11.3 Å². The van der Waals surface area contributed by atoms with Gasteiger partial charge in [-0.3, -0.25) is 9.78 Å². The van der Waals surface area contributed by atoms with Gasteiger partial charge in [-0.1, -0.05) is 12.1 Å². The highest BCUT2D eigenvalue weighted by molar-refractivity contribution is 7.89. The fourth-order valence-corrected chi connectivity index (χ4v) is 5.82. The van der Waals surface area contributed by atoms with Crippen LogP contribution in [0.3, 0.4) is 0 Å². The lowest BCUT2D eigenvalue weighted by molar-refractivity contribution is -0.137. The largest absolute Gasteiger partial charge is 0.416 e. The van der Waals surface area contributed by atoms with Crippen molar-refractivity contribution in [3.05, 3.63) is 83.8 Å². The molecule has 1 aliphatic rings. The minimum absolute atomic E-state index is 0.0612. The van der Waals surface area contributed by atoms with Crippen LogP contribution in [0.5, 0.6) is 0 Å². The van der Waals surface area contributed by atoms with E-state index in [0.29, 0.717) is 30.5 Å². The normalized spacial score (nSPS) is 17.0. The van der Waals surface area contributed by atoms with E-state index >= 15 is 0 Å². The smallest absolute Gasteiger partial charge is 0.298 e. The number of alkyl halides is 3. The molecule has 4 rings (SSSR count). The predicted octanol–water partition coefficient (Wildman–Crippen LogP) is 5.26. The second kappa shape index (κ2) is 9.87. The first-order valence-electron chi connectivity index (χ1n) is 11.0. The number of carbonyl (C=O) groups excluding carboxylic acids is 1. The Hall–Kier alpha value is -3.11. The molecule has 0 bridgehead atoms. The number of hydrogen-bond acceptors (Lipinski definition) is 4. The molecule has 0 spiro atoms. The van der Waals surface area contributed by atoms with Crippen molar-refractivity contribution in [2.75, 3.05) is 6.54 Å². The third-order valence-electron chi connectivity index (χ3n) is 5.99. The summed E-state index contributed by atoms with van der Waals surface area (Å²) in [6.07, 6.45) is -1.52. The molecule has 0 radical (unpaired) electrons. The number of aryl methyl sites for hydroxylation is 1. The van der Waals surface area contributed by atoms with Gasteiger partial charge in [-0.15, -0.1) is 0 Å². The van der Waals surface area contributed by atoms with Crippen LogP contribution in [0.15, 0.2) is 71.8 Å². The van der Waals surface area contributed by atoms with Gasteiger partial charge in [0, 0.05) is 24.7 Å². The molecule has 1 fully saturated rings. The van der Waals surface area contributed by atoms with Crippen LogP contribution in [0.2, 0.25) is 0 Å². The van der Waals surface area contributed by atoms with E-state index < -0.39 is 33.6 Å². The molecular weight excluding hydrogens is 484 g/mol. The van der Waals surface area contributed by atoms with Crippen molar-refractivity contribution in [1.82, 2.24) is 9.29 Å². The molecule has 0 saturated carbocycles. The SMILES string of the molecule is O=C(CCc1ccnc(-c2ccc(C(F)(F)F)cc2)c1)[C@@H]1CCCN1S(=O)(=O)c1ccc(F)cc1. The van der Waals surface area contributed by atoms with Gasteiger partial charge in [0.05, 0.1) is 22.2 Å². The van der Waals surface area contributed by atoms with Gasteiger partial charge in [0.25, 0.3) is 0 Å². The molecule has 1 atom stereocenters. The zero-order valence-corrected chi connectivity index (χ0v) is 19.3. The molecule has 184 valence electrons. The molecule has 1 saturated heterocycles. The Morgan fingerprint density at radius 2 is 1.71 bits per heavy atom. The molecule has 1 aromatic heterocycles. The predicted molar refractivity (Wildman–Crippen MR) is 121 cm³/mol. The van der Waals surface area contributed by atoms with Crippen LogP contribution in [0.4, 0.5) is 17.6 Å². The highest BCUT2D eigenvalue weighted by Crippen LogP contribution is 2.31. The highest BCUT2D eigenvalue weighted by Gasteiger charge is 2.38. The zero-order chi connectivity index (χ0) is 25.2. The Kier molecular flexibility index (Phi) is 7.05. The van der Waals surface area contributed by atoms with Gasteiger partial charge in [0.1, 0.15) is 5.82 Å². The fraction of sp³-hybridized carbons (Fsp3) is 0.280. The van der Waals surface area contributed by atoms with Gasteiger partial charge >= 0.3 is 6.18 Å². The summed E-state index contributed by atoms with van der Waals surface area (Å²) in [5.41, 5.74) is 0.998. The van der Waals surface area contributed by atoms with Crippen LogP contribution in [0, 0.1) is 5.82 Å². The average Bonchev–Trinajstić information content (AvgIpc) is 3.34. The maximum atomic E-state index is 13.2. The Balaban J connectivity index is 1.44. The Morgan fingerprint density at radius 3 is 2.37 bits per heavy atom. The molecule has 1 aliphatic heterocycles. The molecule has 10 heteroatoms. The minimum Gasteiger partial charge on any atom is -0.298 e. The van der Waals surface area contributed by atoms with E-state index in [2.05, 4.69) is 4.98 Å². The number of halogens is 4. The molecule has 5 nitrogen and oxygen atoms in total. The standard InChI is InChI=1S/C25H22F4N2O3S/c26-20-8-10-21(11-9-20)35(33,34)31-15-1-2-23(31)24(32)12-3-17-13-14-30-22(16-17)18-4-6-19(7-5-18)25(27,28)29/h4-11,13-14,16,23H,1-3,12,15H2/t23-/m0/s1. The van der Waals surface area contributed by atoms with E-state index in [0.717, 1.165) is 29.8 Å². The van der Waals surface area contributed by atoms with Crippen LogP contribution in [-0.4, -0.2) is 36.1 Å². The monoisotopic (exact) mass is 506 g/mol. The summed E-state index contributed by atoms with van der Waals surface area (Å²) in [5, 5.41) is 0. The number of aromatic nitrogens is 1. The van der Waals surface area contributed by atoms with Gasteiger partial charge in [0.2, 0.25) is 10.0 Å². The van der Waals surface area contributed by atoms with E-state index in [4.69, 9.17) is 0 Å². The Labute approximate surface area is 200 Å². The fourth-order valence-electron chi connectivity index (χ4n) is 4.14. The number of ketones is 1. The van der Waals surface area contributed by atoms with E-state index in [1.165, 1.54) is 34.8 Å². The number of Topliss-reactive ketones (excluding diaryl/α,β-unsaturated/α-hetero) is 1. The van der Waals surface area contributed by atoms with Crippen molar-refractivity contribution >= 4 is 15.8 Å². The summed E-state index contributed by atoms with van der Waals surface area (Å²) in [6.45, 7) is 0.212. The van der Waals surface area contributed by atoms with Gasteiger partial charge in [-0.05, 0) is 73.4 Å². The Morgan fingerprint density at radius 1 is 1.03 bits per heavy atom. The number of benzene rings is 2. The number of sulfonamides is 1. The molecule has 0 unspecified atom stereocenters. The van der Waals surface area contributed by atoms with E-state index in [-0.39, 0.29) is 23.6 Å². The van der Waals surface area contributed by atoms with Crippen molar-refractivity contribution in [3.63, 3.8) is 0 Å². The van der Waals surface area contributed by atoms with E-state index in [1.54, 1.807) is 12.1 Å². The zero-order valence-electron chi connectivity index (χ0n) is 18.5. The lowest BCUT2D eigenvalue weighted by Crippen LogP contribution is -2.40. The molecular formula is C25H22F4N2O3S. The van der Waals surface area contributed by atoms with Crippen LogP contribution < -0.4 is 0 Å². The molecule has 2 heterocycles. The third kappa shape index (κ3) is 5.59. The van der Waals surface area contributed by atoms with Crippen molar-refractivity contribution in [2.45, 2.75) is 42.8 Å². The summed E-state index contributed by atoms with van der Waals surface area (Å²) in [4.78, 5) is 17.1. The third-order valence-corrected chi connectivity index (χ3v) is 7.91. The maximum Gasteiger partial charge on any atom is 0.416 e.